The van der Waals surface area contributed by atoms with Crippen LogP contribution in [0.2, 0.25) is 0 Å². The highest BCUT2D eigenvalue weighted by atomic mass is 16.5. The quantitative estimate of drug-likeness (QED) is 0.574. The summed E-state index contributed by atoms with van der Waals surface area (Å²) in [4.78, 5) is 2.35. The summed E-state index contributed by atoms with van der Waals surface area (Å²) in [6.07, 6.45) is 2.30. The summed E-state index contributed by atoms with van der Waals surface area (Å²) in [7, 11) is 5.94. The van der Waals surface area contributed by atoms with Gasteiger partial charge in [0.15, 0.2) is 0 Å². The normalized spacial score (nSPS) is 13.6. The Morgan fingerprint density at radius 3 is 2.62 bits per heavy atom. The Bertz CT molecular complexity index is 105. The van der Waals surface area contributed by atoms with Gasteiger partial charge >= 0.3 is 0 Å². The lowest BCUT2D eigenvalue weighted by molar-refractivity contribution is 0.176. The maximum absolute atomic E-state index is 5.01. The van der Waals surface area contributed by atoms with E-state index in [1.165, 1.54) is 6.42 Å². The zero-order valence-corrected chi connectivity index (χ0v) is 9.47. The first kappa shape index (κ1) is 12.9. The second kappa shape index (κ2) is 8.48. The molecule has 1 N–H and O–H groups in total. The highest BCUT2D eigenvalue weighted by molar-refractivity contribution is 4.66. The van der Waals surface area contributed by atoms with Gasteiger partial charge in [-0.05, 0) is 26.9 Å². The van der Waals surface area contributed by atoms with Crippen molar-refractivity contribution in [1.82, 2.24) is 10.2 Å². The SMILES string of the molecule is CCC(CN(C)CCCOC)NC. The molecule has 0 saturated heterocycles. The predicted molar refractivity (Wildman–Crippen MR) is 57.1 cm³/mol. The predicted octanol–water partition coefficient (Wildman–Crippen LogP) is 0.953. The monoisotopic (exact) mass is 188 g/mol. The van der Waals surface area contributed by atoms with Gasteiger partial charge in [0.05, 0.1) is 0 Å². The summed E-state index contributed by atoms with van der Waals surface area (Å²) in [5, 5.41) is 3.30. The molecule has 0 aliphatic rings. The fraction of sp³-hybridized carbons (Fsp3) is 1.00. The third-order valence-electron chi connectivity index (χ3n) is 2.32. The smallest absolute Gasteiger partial charge is 0.0474 e. The Balaban J connectivity index is 3.42. The van der Waals surface area contributed by atoms with Gasteiger partial charge in [-0.1, -0.05) is 6.92 Å². The van der Waals surface area contributed by atoms with E-state index >= 15 is 0 Å². The van der Waals surface area contributed by atoms with Gasteiger partial charge in [0.25, 0.3) is 0 Å². The average molecular weight is 188 g/mol. The van der Waals surface area contributed by atoms with Crippen LogP contribution in [0.5, 0.6) is 0 Å². The number of hydrogen-bond donors (Lipinski definition) is 1. The first-order chi connectivity index (χ1) is 6.24. The van der Waals surface area contributed by atoms with Crippen molar-refractivity contribution in [2.45, 2.75) is 25.8 Å². The van der Waals surface area contributed by atoms with Crippen molar-refractivity contribution in [3.05, 3.63) is 0 Å². The van der Waals surface area contributed by atoms with Gasteiger partial charge in [0, 0.05) is 32.8 Å². The molecule has 0 rings (SSSR count). The van der Waals surface area contributed by atoms with Gasteiger partial charge in [0.1, 0.15) is 0 Å². The fourth-order valence-electron chi connectivity index (χ4n) is 1.37. The fourth-order valence-corrected chi connectivity index (χ4v) is 1.37. The first-order valence-corrected chi connectivity index (χ1v) is 5.09. The molecular weight excluding hydrogens is 164 g/mol. The Labute approximate surface area is 82.4 Å². The number of nitrogens with one attached hydrogen (secondary N) is 1. The second-order valence-electron chi connectivity index (χ2n) is 3.50. The molecule has 0 bridgehead atoms. The standard InChI is InChI=1S/C10H24N2O/c1-5-10(11-2)9-12(3)7-6-8-13-4/h10-11H,5-9H2,1-4H3. The second-order valence-corrected chi connectivity index (χ2v) is 3.50. The van der Waals surface area contributed by atoms with E-state index in [1.807, 2.05) is 7.05 Å². The largest absolute Gasteiger partial charge is 0.385 e. The van der Waals surface area contributed by atoms with E-state index in [0.29, 0.717) is 6.04 Å². The van der Waals surface area contributed by atoms with Gasteiger partial charge in [-0.2, -0.15) is 0 Å². The Morgan fingerprint density at radius 1 is 1.46 bits per heavy atom. The zero-order valence-electron chi connectivity index (χ0n) is 9.47. The molecule has 0 fully saturated rings. The van der Waals surface area contributed by atoms with Crippen LogP contribution in [-0.4, -0.2) is 51.8 Å². The Hall–Kier alpha value is -0.120. The maximum Gasteiger partial charge on any atom is 0.0474 e. The number of hydrogen-bond acceptors (Lipinski definition) is 3. The molecule has 1 atom stereocenters. The van der Waals surface area contributed by atoms with E-state index in [4.69, 9.17) is 4.74 Å². The van der Waals surface area contributed by atoms with Crippen LogP contribution in [0.3, 0.4) is 0 Å². The molecule has 0 aromatic rings. The van der Waals surface area contributed by atoms with Crippen LogP contribution in [0, 0.1) is 0 Å². The van der Waals surface area contributed by atoms with Crippen LogP contribution < -0.4 is 5.32 Å². The number of ether oxygens (including phenoxy) is 1. The minimum atomic E-state index is 0.618. The van der Waals surface area contributed by atoms with Gasteiger partial charge in [-0.15, -0.1) is 0 Å². The molecule has 0 aliphatic carbocycles. The number of rotatable bonds is 8. The lowest BCUT2D eigenvalue weighted by Crippen LogP contribution is -2.37. The van der Waals surface area contributed by atoms with Gasteiger partial charge in [-0.25, -0.2) is 0 Å². The van der Waals surface area contributed by atoms with Gasteiger partial charge < -0.3 is 15.0 Å². The van der Waals surface area contributed by atoms with Crippen molar-refractivity contribution < 1.29 is 4.74 Å². The molecule has 0 aromatic heterocycles. The number of likely N-dealkylation sites (N-methyl/N-ethyl adjacent to an activating group) is 2. The molecular formula is C10H24N2O. The molecule has 0 aromatic carbocycles. The molecule has 0 spiro atoms. The molecule has 0 saturated carbocycles. The maximum atomic E-state index is 5.01. The van der Waals surface area contributed by atoms with Crippen molar-refractivity contribution in [2.75, 3.05) is 40.9 Å². The Morgan fingerprint density at radius 2 is 2.15 bits per heavy atom. The summed E-state index contributed by atoms with van der Waals surface area (Å²) < 4.78 is 5.01. The van der Waals surface area contributed by atoms with Crippen molar-refractivity contribution in [2.24, 2.45) is 0 Å². The minimum Gasteiger partial charge on any atom is -0.385 e. The molecule has 0 amide bonds. The third-order valence-corrected chi connectivity index (χ3v) is 2.32. The van der Waals surface area contributed by atoms with Crippen molar-refractivity contribution in [1.29, 1.82) is 0 Å². The number of methoxy groups -OCH3 is 1. The van der Waals surface area contributed by atoms with E-state index in [1.54, 1.807) is 7.11 Å². The molecule has 3 nitrogen and oxygen atoms in total. The van der Waals surface area contributed by atoms with E-state index in [0.717, 1.165) is 26.1 Å². The molecule has 3 heteroatoms. The van der Waals surface area contributed by atoms with Crippen LogP contribution >= 0.6 is 0 Å². The van der Waals surface area contributed by atoms with Crippen LogP contribution in [0.4, 0.5) is 0 Å². The van der Waals surface area contributed by atoms with Crippen molar-refractivity contribution in [3.63, 3.8) is 0 Å². The highest BCUT2D eigenvalue weighted by Crippen LogP contribution is 1.95. The highest BCUT2D eigenvalue weighted by Gasteiger charge is 2.06. The molecule has 0 radical (unpaired) electrons. The lowest BCUT2D eigenvalue weighted by Gasteiger charge is -2.22. The molecule has 0 heterocycles. The van der Waals surface area contributed by atoms with Crippen LogP contribution in [-0.2, 0) is 4.74 Å². The molecule has 13 heavy (non-hydrogen) atoms. The van der Waals surface area contributed by atoms with E-state index < -0.39 is 0 Å². The first-order valence-electron chi connectivity index (χ1n) is 5.09. The van der Waals surface area contributed by atoms with Crippen molar-refractivity contribution >= 4 is 0 Å². The Kier molecular flexibility index (Phi) is 8.40. The topological polar surface area (TPSA) is 24.5 Å². The van der Waals surface area contributed by atoms with Crippen LogP contribution in [0.15, 0.2) is 0 Å². The summed E-state index contributed by atoms with van der Waals surface area (Å²) in [5.74, 6) is 0. The van der Waals surface area contributed by atoms with E-state index in [9.17, 15) is 0 Å². The summed E-state index contributed by atoms with van der Waals surface area (Å²) in [6, 6.07) is 0.618. The molecule has 1 unspecified atom stereocenters. The zero-order chi connectivity index (χ0) is 10.1. The molecule has 80 valence electrons. The summed E-state index contributed by atoms with van der Waals surface area (Å²) in [6.45, 7) is 5.31. The van der Waals surface area contributed by atoms with Crippen molar-refractivity contribution in [3.8, 4) is 0 Å². The van der Waals surface area contributed by atoms with Crippen LogP contribution in [0.25, 0.3) is 0 Å². The van der Waals surface area contributed by atoms with Gasteiger partial charge in [-0.3, -0.25) is 0 Å². The third kappa shape index (κ3) is 6.99. The minimum absolute atomic E-state index is 0.618. The van der Waals surface area contributed by atoms with E-state index in [-0.39, 0.29) is 0 Å². The number of nitrogens with zero attached hydrogens (tertiary/aromatic N) is 1. The summed E-state index contributed by atoms with van der Waals surface area (Å²) >= 11 is 0. The summed E-state index contributed by atoms with van der Waals surface area (Å²) in [5.41, 5.74) is 0. The van der Waals surface area contributed by atoms with E-state index in [2.05, 4.69) is 24.2 Å². The van der Waals surface area contributed by atoms with Crippen LogP contribution in [0.1, 0.15) is 19.8 Å². The molecule has 0 aliphatic heterocycles. The average Bonchev–Trinajstić information content (AvgIpc) is 2.14. The lowest BCUT2D eigenvalue weighted by atomic mass is 10.2. The van der Waals surface area contributed by atoms with Gasteiger partial charge in [0.2, 0.25) is 0 Å².